The number of aliphatic hydroxyl groups excluding tert-OH is 2. The molecule has 0 saturated carbocycles. The second kappa shape index (κ2) is 16.4. The second-order valence-corrected chi connectivity index (χ2v) is 8.38. The van der Waals surface area contributed by atoms with Crippen molar-refractivity contribution in [1.82, 2.24) is 4.90 Å². The van der Waals surface area contributed by atoms with Crippen LogP contribution >= 0.6 is 0 Å². The van der Waals surface area contributed by atoms with Gasteiger partial charge in [-0.05, 0) is 66.4 Å². The number of phenols is 1. The molecule has 1 rings (SSSR count). The summed E-state index contributed by atoms with van der Waals surface area (Å²) in [4.78, 5) is 33.9. The summed E-state index contributed by atoms with van der Waals surface area (Å²) in [6, 6.07) is 3.93. The molecule has 0 saturated heterocycles. The molecule has 0 fully saturated rings. The smallest absolute Gasteiger partial charge is 0.339 e. The van der Waals surface area contributed by atoms with E-state index in [0.717, 1.165) is 7.11 Å². The number of nitrogens with zero attached hydrogens (tertiary/aromatic N) is 1. The molecule has 0 aromatic heterocycles. The Balaban J connectivity index is 0. The molecule has 0 amide bonds. The number of ether oxygens (including phenoxy) is 2. The standard InChI is InChI=1S/C14H18O7.C8H20N2O.CH4O/c1-3-10(16)7-13(14(18)19-2)21-20-12-5-4-9(8-15)6-11(12)17;1-7(2,9)11-8(3,4)10(5)6;1-2/h4-6,8,10,13,16-17H,3,7H2,1-2H3;9H2,1-6H3;2H,1H3. The predicted octanol–water partition coefficient (Wildman–Crippen LogP) is 1.82. The molecule has 2 atom stereocenters. The highest BCUT2D eigenvalue weighted by atomic mass is 17.2. The van der Waals surface area contributed by atoms with Crippen LogP contribution in [0.1, 0.15) is 57.8 Å². The largest absolute Gasteiger partial charge is 0.504 e. The summed E-state index contributed by atoms with van der Waals surface area (Å²) in [5, 5.41) is 26.2. The molecule has 0 heterocycles. The van der Waals surface area contributed by atoms with Gasteiger partial charge in [-0.3, -0.25) is 9.69 Å². The zero-order chi connectivity index (χ0) is 27.1. The van der Waals surface area contributed by atoms with Crippen LogP contribution in [0.4, 0.5) is 0 Å². The van der Waals surface area contributed by atoms with Gasteiger partial charge < -0.3 is 35.4 Å². The van der Waals surface area contributed by atoms with E-state index < -0.39 is 23.9 Å². The lowest BCUT2D eigenvalue weighted by Crippen LogP contribution is -2.50. The Kier molecular flexibility index (Phi) is 16.3. The molecule has 0 spiro atoms. The molecule has 11 nitrogen and oxygen atoms in total. The lowest BCUT2D eigenvalue weighted by atomic mass is 10.1. The van der Waals surface area contributed by atoms with Crippen LogP contribution < -0.4 is 10.6 Å². The van der Waals surface area contributed by atoms with E-state index in [-0.39, 0.29) is 29.2 Å². The third kappa shape index (κ3) is 14.1. The van der Waals surface area contributed by atoms with Crippen LogP contribution in [-0.4, -0.2) is 84.4 Å². The summed E-state index contributed by atoms with van der Waals surface area (Å²) in [5.41, 5.74) is 5.10. The van der Waals surface area contributed by atoms with Crippen LogP contribution in [-0.2, 0) is 19.2 Å². The fourth-order valence-electron chi connectivity index (χ4n) is 2.24. The molecule has 0 aliphatic rings. The minimum atomic E-state index is -1.13. The highest BCUT2D eigenvalue weighted by molar-refractivity contribution is 5.76. The topological polar surface area (TPSA) is 161 Å². The van der Waals surface area contributed by atoms with Crippen molar-refractivity contribution in [1.29, 1.82) is 0 Å². The van der Waals surface area contributed by atoms with Crippen LogP contribution in [0.5, 0.6) is 11.5 Å². The van der Waals surface area contributed by atoms with E-state index in [1.54, 1.807) is 6.92 Å². The Morgan fingerprint density at radius 3 is 2.12 bits per heavy atom. The van der Waals surface area contributed by atoms with Crippen LogP contribution in [0.3, 0.4) is 0 Å². The molecular formula is C23H42N2O9. The van der Waals surface area contributed by atoms with E-state index in [0.29, 0.717) is 12.7 Å². The number of benzene rings is 1. The molecule has 34 heavy (non-hydrogen) atoms. The Bertz CT molecular complexity index is 719. The van der Waals surface area contributed by atoms with E-state index in [9.17, 15) is 19.8 Å². The monoisotopic (exact) mass is 490 g/mol. The van der Waals surface area contributed by atoms with E-state index in [1.807, 2.05) is 46.7 Å². The predicted molar refractivity (Wildman–Crippen MR) is 127 cm³/mol. The van der Waals surface area contributed by atoms with Crippen molar-refractivity contribution in [3.63, 3.8) is 0 Å². The number of aromatic hydroxyl groups is 1. The number of hydrogen-bond donors (Lipinski definition) is 4. The number of esters is 1. The molecule has 0 aliphatic carbocycles. The van der Waals surface area contributed by atoms with Crippen LogP contribution in [0.2, 0.25) is 0 Å². The van der Waals surface area contributed by atoms with Crippen molar-refractivity contribution in [2.45, 2.75) is 71.1 Å². The Morgan fingerprint density at radius 1 is 1.21 bits per heavy atom. The summed E-state index contributed by atoms with van der Waals surface area (Å²) < 4.78 is 10.1. The first-order chi connectivity index (χ1) is 15.7. The lowest BCUT2D eigenvalue weighted by molar-refractivity contribution is -0.253. The van der Waals surface area contributed by atoms with E-state index in [2.05, 4.69) is 4.74 Å². The van der Waals surface area contributed by atoms with E-state index >= 15 is 0 Å². The first-order valence-electron chi connectivity index (χ1n) is 10.6. The fourth-order valence-corrected chi connectivity index (χ4v) is 2.24. The number of aliphatic hydroxyl groups is 2. The first-order valence-corrected chi connectivity index (χ1v) is 10.6. The van der Waals surface area contributed by atoms with E-state index in [4.69, 9.17) is 25.4 Å². The highest BCUT2D eigenvalue weighted by Gasteiger charge is 2.28. The Hall–Kier alpha value is -2.28. The van der Waals surface area contributed by atoms with Gasteiger partial charge in [-0.15, -0.1) is 0 Å². The molecule has 1 aromatic rings. The quantitative estimate of drug-likeness (QED) is 0.118. The van der Waals surface area contributed by atoms with Gasteiger partial charge in [0.05, 0.1) is 13.2 Å². The maximum Gasteiger partial charge on any atom is 0.339 e. The van der Waals surface area contributed by atoms with Crippen LogP contribution in [0.15, 0.2) is 18.2 Å². The van der Waals surface area contributed by atoms with Gasteiger partial charge in [0.25, 0.3) is 0 Å². The molecule has 198 valence electrons. The lowest BCUT2D eigenvalue weighted by Gasteiger charge is -2.38. The zero-order valence-electron chi connectivity index (χ0n) is 21.7. The van der Waals surface area contributed by atoms with Gasteiger partial charge in [-0.2, -0.15) is 4.89 Å². The summed E-state index contributed by atoms with van der Waals surface area (Å²) in [6.45, 7) is 9.42. The number of hydrogen-bond acceptors (Lipinski definition) is 11. The molecule has 0 radical (unpaired) electrons. The first kappa shape index (κ1) is 33.9. The maximum absolute atomic E-state index is 11.5. The number of carbonyl (C=O) groups excluding carboxylic acids is 2. The zero-order valence-corrected chi connectivity index (χ0v) is 21.7. The highest BCUT2D eigenvalue weighted by Crippen LogP contribution is 2.27. The number of methoxy groups -OCH3 is 1. The molecule has 0 aliphatic heterocycles. The Labute approximate surface area is 202 Å². The van der Waals surface area contributed by atoms with Gasteiger partial charge in [0, 0.05) is 19.1 Å². The number of rotatable bonds is 11. The Morgan fingerprint density at radius 2 is 1.76 bits per heavy atom. The third-order valence-corrected chi connectivity index (χ3v) is 4.38. The van der Waals surface area contributed by atoms with Crippen molar-refractivity contribution in [3.8, 4) is 11.5 Å². The minimum Gasteiger partial charge on any atom is -0.504 e. The number of carbonyl (C=O) groups is 2. The van der Waals surface area contributed by atoms with Gasteiger partial charge in [0.1, 0.15) is 17.7 Å². The van der Waals surface area contributed by atoms with Gasteiger partial charge in [0.2, 0.25) is 11.9 Å². The minimum absolute atomic E-state index is 0.00361. The number of nitrogens with two attached hydrogens (primary N) is 1. The van der Waals surface area contributed by atoms with Crippen molar-refractivity contribution >= 4 is 12.3 Å². The van der Waals surface area contributed by atoms with Crippen LogP contribution in [0, 0.1) is 0 Å². The summed E-state index contributed by atoms with van der Waals surface area (Å²) in [5.74, 6) is -1.06. The normalized spacial score (nSPS) is 13.0. The fraction of sp³-hybridized carbons (Fsp3) is 0.652. The van der Waals surface area contributed by atoms with Gasteiger partial charge >= 0.3 is 5.97 Å². The number of aldehydes is 1. The van der Waals surface area contributed by atoms with Gasteiger partial charge in [-0.1, -0.05) is 6.92 Å². The molecule has 0 bridgehead atoms. The average Bonchev–Trinajstić information content (AvgIpc) is 2.76. The summed E-state index contributed by atoms with van der Waals surface area (Å²) in [7, 11) is 6.12. The van der Waals surface area contributed by atoms with Crippen molar-refractivity contribution < 1.29 is 44.2 Å². The molecule has 1 aromatic carbocycles. The third-order valence-electron chi connectivity index (χ3n) is 4.38. The average molecular weight is 491 g/mol. The van der Waals surface area contributed by atoms with Crippen molar-refractivity contribution in [3.05, 3.63) is 23.8 Å². The molecule has 11 heteroatoms. The van der Waals surface area contributed by atoms with Gasteiger partial charge in [-0.25, -0.2) is 4.79 Å². The van der Waals surface area contributed by atoms with Crippen molar-refractivity contribution in [2.75, 3.05) is 28.3 Å². The van der Waals surface area contributed by atoms with Crippen LogP contribution in [0.25, 0.3) is 0 Å². The van der Waals surface area contributed by atoms with E-state index in [1.165, 1.54) is 25.3 Å². The van der Waals surface area contributed by atoms with Crippen molar-refractivity contribution in [2.24, 2.45) is 5.73 Å². The SMILES string of the molecule is CCC(O)CC(OOc1ccc(C=O)cc1O)C(=O)OC.CN(C)C(C)(C)OC(C)(C)N.CO. The summed E-state index contributed by atoms with van der Waals surface area (Å²) >= 11 is 0. The summed E-state index contributed by atoms with van der Waals surface area (Å²) in [6.07, 6.45) is -0.870. The molecule has 2 unspecified atom stereocenters. The maximum atomic E-state index is 11.5. The van der Waals surface area contributed by atoms with Gasteiger partial charge in [0.15, 0.2) is 5.75 Å². The second-order valence-electron chi connectivity index (χ2n) is 8.38. The molecular weight excluding hydrogens is 448 g/mol. The number of phenolic OH excluding ortho intramolecular Hbond substituents is 1. The molecule has 5 N–H and O–H groups in total.